The van der Waals surface area contributed by atoms with Gasteiger partial charge >= 0.3 is 0 Å². The maximum Gasteiger partial charge on any atom is 0.299 e. The van der Waals surface area contributed by atoms with Crippen molar-refractivity contribution >= 4 is 46.0 Å². The van der Waals surface area contributed by atoms with E-state index in [2.05, 4.69) is 14.8 Å². The number of hydrogen-bond donors (Lipinski definition) is 2. The molecule has 2 aliphatic rings. The van der Waals surface area contributed by atoms with Crippen molar-refractivity contribution in [1.29, 1.82) is 0 Å². The maximum absolute atomic E-state index is 11.7. The number of nitrogens with zero attached hydrogens (tertiary/aromatic N) is 4. The van der Waals surface area contributed by atoms with Gasteiger partial charge in [0.15, 0.2) is 0 Å². The minimum absolute atomic E-state index is 0.0127. The Bertz CT molecular complexity index is 828. The average Bonchev–Trinajstić information content (AvgIpc) is 2.67. The Hall–Kier alpha value is -2.24. The molecule has 1 amide bonds. The number of carbonyl (C=O) groups excluding carboxylic acids is 1. The topological polar surface area (TPSA) is 117 Å². The minimum Gasteiger partial charge on any atom is -0.403 e. The second-order valence-corrected chi connectivity index (χ2v) is 8.17. The van der Waals surface area contributed by atoms with Gasteiger partial charge < -0.3 is 10.6 Å². The van der Waals surface area contributed by atoms with Crippen LogP contribution in [-0.2, 0) is 0 Å². The van der Waals surface area contributed by atoms with E-state index in [0.717, 1.165) is 24.0 Å². The molecule has 0 bridgehead atoms. The smallest absolute Gasteiger partial charge is 0.299 e. The number of carbonyl (C=O) groups is 1. The standard InChI is InChI=1S/C16H20N6O3S2/c1-10-15(18-19-16(23)27-10)11-3-4-13(14(7-11)22(24)25)21-6-5-20(26-2)9-12(21)8-17/h3-4,7-8,10H,5-6,9,17H2,1-2H3,(H,19,23). The maximum atomic E-state index is 11.7. The molecule has 3 rings (SSSR count). The van der Waals surface area contributed by atoms with Gasteiger partial charge in [-0.3, -0.25) is 14.9 Å². The van der Waals surface area contributed by atoms with Gasteiger partial charge in [-0.25, -0.2) is 9.73 Å². The fraction of sp³-hybridized carbons (Fsp3) is 0.375. The van der Waals surface area contributed by atoms with Crippen molar-refractivity contribution in [1.82, 2.24) is 9.73 Å². The molecule has 11 heteroatoms. The van der Waals surface area contributed by atoms with Crippen LogP contribution in [0.15, 0.2) is 35.2 Å². The predicted octanol–water partition coefficient (Wildman–Crippen LogP) is 2.34. The van der Waals surface area contributed by atoms with Crippen LogP contribution in [0.2, 0.25) is 0 Å². The molecule has 1 unspecified atom stereocenters. The highest BCUT2D eigenvalue weighted by atomic mass is 32.2. The number of amides is 1. The zero-order valence-corrected chi connectivity index (χ0v) is 16.5. The summed E-state index contributed by atoms with van der Waals surface area (Å²) in [6.45, 7) is 3.83. The van der Waals surface area contributed by atoms with Gasteiger partial charge in [-0.2, -0.15) is 5.10 Å². The van der Waals surface area contributed by atoms with Crippen LogP contribution in [0, 0.1) is 10.1 Å². The van der Waals surface area contributed by atoms with Gasteiger partial charge in [-0.1, -0.05) is 29.8 Å². The third-order valence-electron chi connectivity index (χ3n) is 4.40. The van der Waals surface area contributed by atoms with Gasteiger partial charge in [0.1, 0.15) is 5.69 Å². The molecule has 2 aliphatic heterocycles. The SMILES string of the molecule is CSN1CCN(c2ccc(C3=NNC(=O)SC3C)cc2[N+](=O)[O-])C(=CN)C1. The molecule has 27 heavy (non-hydrogen) atoms. The predicted molar refractivity (Wildman–Crippen MR) is 110 cm³/mol. The summed E-state index contributed by atoms with van der Waals surface area (Å²) in [6, 6.07) is 5.03. The van der Waals surface area contributed by atoms with Crippen molar-refractivity contribution in [3.05, 3.63) is 45.8 Å². The average molecular weight is 409 g/mol. The summed E-state index contributed by atoms with van der Waals surface area (Å²) in [5.41, 5.74) is 10.7. The number of nitrogens with two attached hydrogens (primary N) is 1. The number of benzene rings is 1. The Morgan fingerprint density at radius 3 is 2.89 bits per heavy atom. The van der Waals surface area contributed by atoms with E-state index in [9.17, 15) is 14.9 Å². The van der Waals surface area contributed by atoms with Crippen LogP contribution in [0.4, 0.5) is 16.2 Å². The highest BCUT2D eigenvalue weighted by Crippen LogP contribution is 2.35. The highest BCUT2D eigenvalue weighted by Gasteiger charge is 2.29. The molecule has 2 heterocycles. The minimum atomic E-state index is -0.395. The summed E-state index contributed by atoms with van der Waals surface area (Å²) < 4.78 is 2.15. The van der Waals surface area contributed by atoms with Crippen LogP contribution in [0.5, 0.6) is 0 Å². The zero-order chi connectivity index (χ0) is 19.6. The largest absolute Gasteiger partial charge is 0.403 e. The number of nitrogens with one attached hydrogen (secondary N) is 1. The first-order chi connectivity index (χ1) is 12.9. The Morgan fingerprint density at radius 1 is 1.48 bits per heavy atom. The summed E-state index contributed by atoms with van der Waals surface area (Å²) in [7, 11) is 0. The normalized spacial score (nSPS) is 22.5. The third kappa shape index (κ3) is 4.04. The number of piperazine rings is 1. The molecule has 0 spiro atoms. The third-order valence-corrected chi connectivity index (χ3v) is 6.11. The number of hydrazone groups is 1. The Balaban J connectivity index is 1.98. The number of rotatable bonds is 4. The molecule has 0 radical (unpaired) electrons. The van der Waals surface area contributed by atoms with Crippen LogP contribution in [0.25, 0.3) is 0 Å². The summed E-state index contributed by atoms with van der Waals surface area (Å²) in [4.78, 5) is 24.7. The van der Waals surface area contributed by atoms with E-state index in [0.29, 0.717) is 30.1 Å². The van der Waals surface area contributed by atoms with Gasteiger partial charge in [0.25, 0.3) is 10.9 Å². The van der Waals surface area contributed by atoms with Gasteiger partial charge in [0.05, 0.1) is 22.4 Å². The van der Waals surface area contributed by atoms with Gasteiger partial charge in [-0.05, 0) is 19.2 Å². The number of anilines is 1. The molecule has 144 valence electrons. The first-order valence-electron chi connectivity index (χ1n) is 8.25. The van der Waals surface area contributed by atoms with E-state index < -0.39 is 4.92 Å². The molecule has 1 atom stereocenters. The molecule has 9 nitrogen and oxygen atoms in total. The lowest BCUT2D eigenvalue weighted by molar-refractivity contribution is -0.384. The number of nitro benzene ring substituents is 1. The molecule has 1 aromatic rings. The second-order valence-electron chi connectivity index (χ2n) is 5.97. The quantitative estimate of drug-likeness (QED) is 0.443. The Labute approximate surface area is 165 Å². The molecular formula is C16H20N6O3S2. The van der Waals surface area contributed by atoms with Crippen LogP contribution < -0.4 is 16.1 Å². The van der Waals surface area contributed by atoms with Crippen molar-refractivity contribution in [3.63, 3.8) is 0 Å². The monoisotopic (exact) mass is 408 g/mol. The van der Waals surface area contributed by atoms with Crippen molar-refractivity contribution < 1.29 is 9.72 Å². The first kappa shape index (κ1) is 19.5. The molecular weight excluding hydrogens is 388 g/mol. The fourth-order valence-corrected chi connectivity index (χ4v) is 4.32. The molecule has 1 aromatic carbocycles. The van der Waals surface area contributed by atoms with Crippen LogP contribution >= 0.6 is 23.7 Å². The number of nitro groups is 1. The molecule has 0 aliphatic carbocycles. The number of thioether (sulfide) groups is 1. The van der Waals surface area contributed by atoms with Crippen molar-refractivity contribution in [2.45, 2.75) is 12.2 Å². The van der Waals surface area contributed by atoms with E-state index in [-0.39, 0.29) is 16.2 Å². The molecule has 0 saturated carbocycles. The fourth-order valence-electron chi connectivity index (χ4n) is 3.07. The molecule has 3 N–H and O–H groups in total. The lowest BCUT2D eigenvalue weighted by atomic mass is 10.0. The number of hydrogen-bond acceptors (Lipinski definition) is 9. The van der Waals surface area contributed by atoms with Gasteiger partial charge in [-0.15, -0.1) is 0 Å². The van der Waals surface area contributed by atoms with E-state index in [1.165, 1.54) is 12.3 Å². The van der Waals surface area contributed by atoms with E-state index in [1.54, 1.807) is 24.1 Å². The van der Waals surface area contributed by atoms with Crippen molar-refractivity contribution in [3.8, 4) is 0 Å². The van der Waals surface area contributed by atoms with Gasteiger partial charge in [0.2, 0.25) is 0 Å². The second kappa shape index (κ2) is 8.19. The molecule has 0 aromatic heterocycles. The molecule has 1 fully saturated rings. The van der Waals surface area contributed by atoms with Crippen LogP contribution in [-0.4, -0.2) is 51.3 Å². The van der Waals surface area contributed by atoms with Crippen molar-refractivity contribution in [2.75, 3.05) is 30.8 Å². The van der Waals surface area contributed by atoms with E-state index in [4.69, 9.17) is 5.73 Å². The van der Waals surface area contributed by atoms with Crippen LogP contribution in [0.1, 0.15) is 12.5 Å². The molecule has 1 saturated heterocycles. The zero-order valence-electron chi connectivity index (χ0n) is 14.9. The summed E-state index contributed by atoms with van der Waals surface area (Å²) >= 11 is 2.72. The first-order valence-corrected chi connectivity index (χ1v) is 10.3. The Kier molecular flexibility index (Phi) is 5.92. The summed E-state index contributed by atoms with van der Waals surface area (Å²) in [5.74, 6) is 0. The summed E-state index contributed by atoms with van der Waals surface area (Å²) in [6.07, 6.45) is 3.49. The lowest BCUT2D eigenvalue weighted by Gasteiger charge is -2.36. The lowest BCUT2D eigenvalue weighted by Crippen LogP contribution is -2.42. The van der Waals surface area contributed by atoms with Gasteiger partial charge in [0, 0.05) is 36.6 Å². The summed E-state index contributed by atoms with van der Waals surface area (Å²) in [5, 5.41) is 15.4. The highest BCUT2D eigenvalue weighted by molar-refractivity contribution is 8.14. The Morgan fingerprint density at radius 2 is 2.26 bits per heavy atom. The van der Waals surface area contributed by atoms with Crippen molar-refractivity contribution in [2.24, 2.45) is 10.8 Å². The van der Waals surface area contributed by atoms with Crippen LogP contribution in [0.3, 0.4) is 0 Å². The van der Waals surface area contributed by atoms with E-state index >= 15 is 0 Å². The van der Waals surface area contributed by atoms with E-state index in [1.807, 2.05) is 18.1 Å².